The maximum Gasteiger partial charge on any atom is 0.235 e. The third kappa shape index (κ3) is 2.56. The molecule has 1 aromatic carbocycles. The molecule has 0 fully saturated rings. The highest BCUT2D eigenvalue weighted by molar-refractivity contribution is 7.17. The van der Waals surface area contributed by atoms with E-state index in [0.29, 0.717) is 0 Å². The van der Waals surface area contributed by atoms with Gasteiger partial charge in [0.1, 0.15) is 5.01 Å². The molecule has 0 atom stereocenters. The molecule has 0 spiro atoms. The molecule has 0 N–H and O–H groups in total. The molecule has 108 valence electrons. The Morgan fingerprint density at radius 1 is 1.05 bits per heavy atom. The van der Waals surface area contributed by atoms with E-state index in [4.69, 9.17) is 11.6 Å². The zero-order valence-corrected chi connectivity index (χ0v) is 13.6. The van der Waals surface area contributed by atoms with Crippen LogP contribution in [0.5, 0.6) is 0 Å². The van der Waals surface area contributed by atoms with Crippen molar-refractivity contribution in [2.45, 2.75) is 0 Å². The first-order valence-electron chi connectivity index (χ1n) is 6.49. The van der Waals surface area contributed by atoms with Gasteiger partial charge in [-0.3, -0.25) is 0 Å². The largest absolute Gasteiger partial charge is 0.235 e. The Hall–Kier alpha value is -2.02. The van der Waals surface area contributed by atoms with Gasteiger partial charge in [-0.2, -0.15) is 9.61 Å². The summed E-state index contributed by atoms with van der Waals surface area (Å²) in [6.07, 6.45) is 3.98. The van der Waals surface area contributed by atoms with E-state index in [1.165, 1.54) is 11.3 Å². The Kier molecular flexibility index (Phi) is 3.49. The van der Waals surface area contributed by atoms with Gasteiger partial charge in [0.2, 0.25) is 4.96 Å². The van der Waals surface area contributed by atoms with Gasteiger partial charge in [0.25, 0.3) is 0 Å². The fraction of sp³-hybridized carbons (Fsp3) is 0. The van der Waals surface area contributed by atoms with Crippen LogP contribution in [0, 0.1) is 0 Å². The highest BCUT2D eigenvalue weighted by atomic mass is 35.5. The third-order valence-corrected chi connectivity index (χ3v) is 5.02. The Labute approximate surface area is 139 Å². The van der Waals surface area contributed by atoms with Crippen LogP contribution >= 0.6 is 34.3 Å². The molecule has 0 aliphatic heterocycles. The Balaban J connectivity index is 1.67. The molecule has 0 radical (unpaired) electrons. The van der Waals surface area contributed by atoms with E-state index in [1.807, 2.05) is 53.9 Å². The molecule has 4 nitrogen and oxygen atoms in total. The zero-order valence-electron chi connectivity index (χ0n) is 11.2. The molecule has 0 bridgehead atoms. The molecule has 4 rings (SSSR count). The first-order valence-corrected chi connectivity index (χ1v) is 8.57. The predicted molar refractivity (Wildman–Crippen MR) is 92.4 cm³/mol. The second-order valence-corrected chi connectivity index (χ2v) is 6.89. The van der Waals surface area contributed by atoms with Crippen LogP contribution in [0.4, 0.5) is 0 Å². The van der Waals surface area contributed by atoms with Crippen LogP contribution in [-0.2, 0) is 0 Å². The molecule has 0 amide bonds. The van der Waals surface area contributed by atoms with Crippen molar-refractivity contribution in [1.29, 1.82) is 0 Å². The van der Waals surface area contributed by atoms with Crippen molar-refractivity contribution in [1.82, 2.24) is 19.8 Å². The van der Waals surface area contributed by atoms with Gasteiger partial charge < -0.3 is 0 Å². The van der Waals surface area contributed by atoms with Crippen molar-refractivity contribution in [3.05, 3.63) is 57.4 Å². The SMILES string of the molecule is Clc1ccc(C=Cc2nn3c(-c4cccs4)nnc3s2)cc1. The molecule has 0 aliphatic carbocycles. The van der Waals surface area contributed by atoms with E-state index in [0.717, 1.165) is 31.3 Å². The molecule has 7 heteroatoms. The summed E-state index contributed by atoms with van der Waals surface area (Å²) < 4.78 is 1.79. The van der Waals surface area contributed by atoms with Gasteiger partial charge in [-0.25, -0.2) is 0 Å². The van der Waals surface area contributed by atoms with Crippen molar-refractivity contribution in [2.24, 2.45) is 0 Å². The van der Waals surface area contributed by atoms with Crippen molar-refractivity contribution < 1.29 is 0 Å². The van der Waals surface area contributed by atoms with Gasteiger partial charge in [0, 0.05) is 5.02 Å². The Bertz CT molecular complexity index is 936. The highest BCUT2D eigenvalue weighted by Crippen LogP contribution is 2.25. The molecular weight excluding hydrogens is 336 g/mol. The van der Waals surface area contributed by atoms with Crippen molar-refractivity contribution in [3.63, 3.8) is 0 Å². The number of nitrogens with zero attached hydrogens (tertiary/aromatic N) is 4. The molecule has 0 saturated heterocycles. The number of aromatic nitrogens is 4. The van der Waals surface area contributed by atoms with E-state index in [2.05, 4.69) is 15.3 Å². The molecule has 22 heavy (non-hydrogen) atoms. The Morgan fingerprint density at radius 3 is 2.68 bits per heavy atom. The average Bonchev–Trinajstić information content (AvgIpc) is 3.22. The number of hydrogen-bond donors (Lipinski definition) is 0. The lowest BCUT2D eigenvalue weighted by atomic mass is 10.2. The number of hydrogen-bond acceptors (Lipinski definition) is 5. The van der Waals surface area contributed by atoms with E-state index in [-0.39, 0.29) is 0 Å². The average molecular weight is 345 g/mol. The number of fused-ring (bicyclic) bond motifs is 1. The van der Waals surface area contributed by atoms with Crippen LogP contribution in [0.25, 0.3) is 27.8 Å². The molecule has 0 aliphatic rings. The van der Waals surface area contributed by atoms with Gasteiger partial charge in [-0.1, -0.05) is 47.2 Å². The standard InChI is InChI=1S/C15H9ClN4S2/c16-11-6-3-10(4-7-11)5-8-13-19-20-14(12-2-1-9-21-12)17-18-15(20)22-13/h1-9H. The lowest BCUT2D eigenvalue weighted by Gasteiger charge is -1.92. The van der Waals surface area contributed by atoms with Crippen LogP contribution in [0.2, 0.25) is 5.02 Å². The predicted octanol–water partition coefficient (Wildman–Crippen LogP) is 4.74. The molecule has 0 saturated carbocycles. The molecule has 4 aromatic rings. The van der Waals surface area contributed by atoms with Crippen molar-refractivity contribution >= 4 is 51.4 Å². The lowest BCUT2D eigenvalue weighted by Crippen LogP contribution is -1.88. The minimum Gasteiger partial charge on any atom is -0.181 e. The lowest BCUT2D eigenvalue weighted by molar-refractivity contribution is 0.963. The van der Waals surface area contributed by atoms with Gasteiger partial charge in [0.15, 0.2) is 5.82 Å². The summed E-state index contributed by atoms with van der Waals surface area (Å²) in [6, 6.07) is 11.7. The second-order valence-electron chi connectivity index (χ2n) is 4.52. The minimum atomic E-state index is 0.733. The van der Waals surface area contributed by atoms with Crippen molar-refractivity contribution in [2.75, 3.05) is 0 Å². The summed E-state index contributed by atoms with van der Waals surface area (Å²) in [5, 5.41) is 16.6. The highest BCUT2D eigenvalue weighted by Gasteiger charge is 2.12. The first-order chi connectivity index (χ1) is 10.8. The summed E-state index contributed by atoms with van der Waals surface area (Å²) in [5.41, 5.74) is 1.08. The molecule has 0 unspecified atom stereocenters. The van der Waals surface area contributed by atoms with Crippen LogP contribution in [-0.4, -0.2) is 19.8 Å². The summed E-state index contributed by atoms with van der Waals surface area (Å²) in [6.45, 7) is 0. The number of rotatable bonds is 3. The van der Waals surface area contributed by atoms with Gasteiger partial charge in [-0.05, 0) is 35.2 Å². The molecule has 3 aromatic heterocycles. The maximum absolute atomic E-state index is 5.88. The normalized spacial score (nSPS) is 11.7. The number of halogens is 1. The fourth-order valence-electron chi connectivity index (χ4n) is 2.00. The van der Waals surface area contributed by atoms with Crippen LogP contribution < -0.4 is 0 Å². The fourth-order valence-corrected chi connectivity index (χ4v) is 3.56. The summed E-state index contributed by atoms with van der Waals surface area (Å²) in [4.78, 5) is 1.85. The minimum absolute atomic E-state index is 0.733. The number of thiophene rings is 1. The molecule has 3 heterocycles. The summed E-state index contributed by atoms with van der Waals surface area (Å²) in [5.74, 6) is 0.785. The third-order valence-electron chi connectivity index (χ3n) is 3.04. The van der Waals surface area contributed by atoms with Crippen LogP contribution in [0.15, 0.2) is 41.8 Å². The van der Waals surface area contributed by atoms with E-state index in [9.17, 15) is 0 Å². The van der Waals surface area contributed by atoms with Gasteiger partial charge in [-0.15, -0.1) is 21.5 Å². The van der Waals surface area contributed by atoms with Gasteiger partial charge >= 0.3 is 0 Å². The van der Waals surface area contributed by atoms with Crippen molar-refractivity contribution in [3.8, 4) is 10.7 Å². The zero-order chi connectivity index (χ0) is 14.9. The smallest absolute Gasteiger partial charge is 0.181 e. The first kappa shape index (κ1) is 13.6. The monoisotopic (exact) mass is 344 g/mol. The van der Waals surface area contributed by atoms with Crippen LogP contribution in [0.3, 0.4) is 0 Å². The van der Waals surface area contributed by atoms with E-state index >= 15 is 0 Å². The Morgan fingerprint density at radius 2 is 1.91 bits per heavy atom. The molecular formula is C15H9ClN4S2. The number of benzene rings is 1. The maximum atomic E-state index is 5.88. The summed E-state index contributed by atoms with van der Waals surface area (Å²) >= 11 is 9.02. The second kappa shape index (κ2) is 5.64. The summed E-state index contributed by atoms with van der Waals surface area (Å²) in [7, 11) is 0. The van der Waals surface area contributed by atoms with Crippen LogP contribution in [0.1, 0.15) is 10.6 Å². The van der Waals surface area contributed by atoms with E-state index < -0.39 is 0 Å². The van der Waals surface area contributed by atoms with Gasteiger partial charge in [0.05, 0.1) is 4.88 Å². The quantitative estimate of drug-likeness (QED) is 0.539. The van der Waals surface area contributed by atoms with E-state index in [1.54, 1.807) is 15.9 Å². The topological polar surface area (TPSA) is 43.1 Å².